The molecule has 1 aliphatic rings. The van der Waals surface area contributed by atoms with Crippen LogP contribution in [-0.2, 0) is 0 Å². The molecule has 1 unspecified atom stereocenters. The molecule has 1 atom stereocenters. The highest BCUT2D eigenvalue weighted by atomic mass is 16.2. The van der Waals surface area contributed by atoms with Gasteiger partial charge in [0.2, 0.25) is 0 Å². The summed E-state index contributed by atoms with van der Waals surface area (Å²) in [5.74, 6) is 0.881. The van der Waals surface area contributed by atoms with Gasteiger partial charge >= 0.3 is 0 Å². The molecule has 1 aromatic carbocycles. The van der Waals surface area contributed by atoms with Crippen LogP contribution in [0.4, 0.5) is 5.69 Å². The number of likely N-dealkylation sites (tertiary alicyclic amines) is 1. The number of nitrogens with one attached hydrogen (secondary N) is 1. The molecule has 2 heterocycles. The number of nitrogens with zero attached hydrogens (tertiary/aromatic N) is 1. The third kappa shape index (κ3) is 2.89. The molecule has 1 saturated heterocycles. The third-order valence-electron chi connectivity index (χ3n) is 4.59. The van der Waals surface area contributed by atoms with Crippen molar-refractivity contribution in [3.63, 3.8) is 0 Å². The van der Waals surface area contributed by atoms with E-state index in [1.54, 1.807) is 0 Å². The summed E-state index contributed by atoms with van der Waals surface area (Å²) in [4.78, 5) is 17.9. The molecule has 4 nitrogen and oxygen atoms in total. The van der Waals surface area contributed by atoms with Gasteiger partial charge in [0.15, 0.2) is 0 Å². The van der Waals surface area contributed by atoms with Gasteiger partial charge in [-0.3, -0.25) is 4.79 Å². The van der Waals surface area contributed by atoms with Gasteiger partial charge in [0.25, 0.3) is 5.91 Å². The topological polar surface area (TPSA) is 62.1 Å². The van der Waals surface area contributed by atoms with Crippen molar-refractivity contribution in [3.05, 3.63) is 30.0 Å². The first kappa shape index (κ1) is 14.0. The van der Waals surface area contributed by atoms with Crippen LogP contribution in [0.15, 0.2) is 24.3 Å². The van der Waals surface area contributed by atoms with Crippen LogP contribution in [0, 0.1) is 5.92 Å². The number of carbonyl (C=O) groups excluding carboxylic acids is 1. The van der Waals surface area contributed by atoms with Gasteiger partial charge in [-0.25, -0.2) is 0 Å². The van der Waals surface area contributed by atoms with Crippen LogP contribution in [-0.4, -0.2) is 28.9 Å². The van der Waals surface area contributed by atoms with Crippen LogP contribution in [0.1, 0.15) is 43.1 Å². The van der Waals surface area contributed by atoms with Crippen LogP contribution in [0.2, 0.25) is 0 Å². The number of fused-ring (bicyclic) bond motifs is 1. The molecule has 1 fully saturated rings. The molecule has 0 spiro atoms. The fourth-order valence-corrected chi connectivity index (χ4v) is 3.21. The maximum atomic E-state index is 12.7. The monoisotopic (exact) mass is 285 g/mol. The highest BCUT2D eigenvalue weighted by Crippen LogP contribution is 2.23. The number of nitrogens with two attached hydrogens (primary N) is 1. The zero-order chi connectivity index (χ0) is 14.8. The van der Waals surface area contributed by atoms with Gasteiger partial charge < -0.3 is 15.6 Å². The SMILES string of the molecule is CCC1CCCN(C(=O)c2cc3cc(N)ccc3[nH]2)CC1. The predicted molar refractivity (Wildman–Crippen MR) is 86.2 cm³/mol. The van der Waals surface area contributed by atoms with Gasteiger partial charge in [-0.2, -0.15) is 0 Å². The summed E-state index contributed by atoms with van der Waals surface area (Å²) in [5, 5.41) is 1.000. The standard InChI is InChI=1S/C17H23N3O/c1-2-12-4-3-8-20(9-7-12)17(21)16-11-13-10-14(18)5-6-15(13)19-16/h5-6,10-12,19H,2-4,7-9,18H2,1H3. The Bertz CT molecular complexity index is 647. The van der Waals surface area contributed by atoms with Gasteiger partial charge in [-0.1, -0.05) is 13.3 Å². The first-order chi connectivity index (χ1) is 10.2. The second-order valence-electron chi connectivity index (χ2n) is 6.03. The van der Waals surface area contributed by atoms with Crippen molar-refractivity contribution in [1.29, 1.82) is 0 Å². The molecule has 0 saturated carbocycles. The lowest BCUT2D eigenvalue weighted by Crippen LogP contribution is -2.32. The van der Waals surface area contributed by atoms with Crippen LogP contribution in [0.3, 0.4) is 0 Å². The number of amides is 1. The van der Waals surface area contributed by atoms with Crippen molar-refractivity contribution in [3.8, 4) is 0 Å². The van der Waals surface area contributed by atoms with Gasteiger partial charge in [-0.05, 0) is 49.4 Å². The summed E-state index contributed by atoms with van der Waals surface area (Å²) in [5.41, 5.74) is 8.16. The number of hydrogen-bond acceptors (Lipinski definition) is 2. The zero-order valence-electron chi connectivity index (χ0n) is 12.6. The Balaban J connectivity index is 1.79. The van der Waals surface area contributed by atoms with E-state index in [1.807, 2.05) is 29.2 Å². The van der Waals surface area contributed by atoms with Crippen molar-refractivity contribution < 1.29 is 4.79 Å². The van der Waals surface area contributed by atoms with E-state index in [4.69, 9.17) is 5.73 Å². The van der Waals surface area contributed by atoms with Crippen LogP contribution in [0.25, 0.3) is 10.9 Å². The molecule has 0 aliphatic carbocycles. The van der Waals surface area contributed by atoms with E-state index >= 15 is 0 Å². The number of carbonyl (C=O) groups is 1. The van der Waals surface area contributed by atoms with E-state index in [9.17, 15) is 4.79 Å². The second kappa shape index (κ2) is 5.80. The van der Waals surface area contributed by atoms with E-state index < -0.39 is 0 Å². The number of aromatic nitrogens is 1. The van der Waals surface area contributed by atoms with E-state index in [1.165, 1.54) is 12.8 Å². The Morgan fingerprint density at radius 1 is 1.33 bits per heavy atom. The van der Waals surface area contributed by atoms with Gasteiger partial charge in [0, 0.05) is 29.7 Å². The van der Waals surface area contributed by atoms with Crippen molar-refractivity contribution >= 4 is 22.5 Å². The second-order valence-corrected chi connectivity index (χ2v) is 6.03. The molecule has 1 aliphatic heterocycles. The fourth-order valence-electron chi connectivity index (χ4n) is 3.21. The van der Waals surface area contributed by atoms with E-state index in [-0.39, 0.29) is 5.91 Å². The Hall–Kier alpha value is -1.97. The molecule has 1 aromatic heterocycles. The highest BCUT2D eigenvalue weighted by Gasteiger charge is 2.21. The minimum atomic E-state index is 0.113. The van der Waals surface area contributed by atoms with Crippen LogP contribution in [0.5, 0.6) is 0 Å². The largest absolute Gasteiger partial charge is 0.399 e. The first-order valence-electron chi connectivity index (χ1n) is 7.85. The number of H-pyrrole nitrogens is 1. The molecule has 112 valence electrons. The molecule has 1 amide bonds. The molecule has 0 radical (unpaired) electrons. The van der Waals surface area contributed by atoms with Crippen molar-refractivity contribution in [1.82, 2.24) is 9.88 Å². The van der Waals surface area contributed by atoms with E-state index in [0.717, 1.165) is 48.4 Å². The Morgan fingerprint density at radius 3 is 3.00 bits per heavy atom. The summed E-state index contributed by atoms with van der Waals surface area (Å²) in [6.45, 7) is 3.98. The summed E-state index contributed by atoms with van der Waals surface area (Å²) in [6, 6.07) is 7.59. The smallest absolute Gasteiger partial charge is 0.270 e. The zero-order valence-corrected chi connectivity index (χ0v) is 12.6. The summed E-state index contributed by atoms with van der Waals surface area (Å²) in [7, 11) is 0. The number of anilines is 1. The molecular formula is C17H23N3O. The number of aromatic amines is 1. The number of rotatable bonds is 2. The minimum absolute atomic E-state index is 0.113. The summed E-state index contributed by atoms with van der Waals surface area (Å²) in [6.07, 6.45) is 4.68. The van der Waals surface area contributed by atoms with E-state index in [2.05, 4.69) is 11.9 Å². The lowest BCUT2D eigenvalue weighted by Gasteiger charge is -2.19. The van der Waals surface area contributed by atoms with E-state index in [0.29, 0.717) is 5.69 Å². The molecule has 4 heteroatoms. The molecule has 3 N–H and O–H groups in total. The lowest BCUT2D eigenvalue weighted by atomic mass is 9.98. The summed E-state index contributed by atoms with van der Waals surface area (Å²) >= 11 is 0. The molecule has 21 heavy (non-hydrogen) atoms. The Kier molecular flexibility index (Phi) is 3.86. The molecular weight excluding hydrogens is 262 g/mol. The maximum Gasteiger partial charge on any atom is 0.270 e. The van der Waals surface area contributed by atoms with Crippen LogP contribution < -0.4 is 5.73 Å². The third-order valence-corrected chi connectivity index (χ3v) is 4.59. The number of hydrogen-bond donors (Lipinski definition) is 2. The molecule has 0 bridgehead atoms. The average Bonchev–Trinajstić information content (AvgIpc) is 2.75. The minimum Gasteiger partial charge on any atom is -0.399 e. The van der Waals surface area contributed by atoms with Crippen molar-refractivity contribution in [2.75, 3.05) is 18.8 Å². The Morgan fingerprint density at radius 2 is 2.19 bits per heavy atom. The predicted octanol–water partition coefficient (Wildman–Crippen LogP) is 3.40. The number of nitrogen functional groups attached to an aromatic ring is 1. The number of benzene rings is 1. The molecule has 2 aromatic rings. The van der Waals surface area contributed by atoms with Crippen molar-refractivity contribution in [2.24, 2.45) is 5.92 Å². The Labute approximate surface area is 125 Å². The van der Waals surface area contributed by atoms with Gasteiger partial charge in [0.05, 0.1) is 0 Å². The fraction of sp³-hybridized carbons (Fsp3) is 0.471. The van der Waals surface area contributed by atoms with Gasteiger partial charge in [-0.15, -0.1) is 0 Å². The molecule has 3 rings (SSSR count). The van der Waals surface area contributed by atoms with Crippen LogP contribution >= 0.6 is 0 Å². The highest BCUT2D eigenvalue weighted by molar-refractivity contribution is 5.98. The first-order valence-corrected chi connectivity index (χ1v) is 7.85. The van der Waals surface area contributed by atoms with Crippen molar-refractivity contribution in [2.45, 2.75) is 32.6 Å². The quantitative estimate of drug-likeness (QED) is 0.831. The maximum absolute atomic E-state index is 12.7. The average molecular weight is 285 g/mol. The normalized spacial score (nSPS) is 19.7. The summed E-state index contributed by atoms with van der Waals surface area (Å²) < 4.78 is 0. The van der Waals surface area contributed by atoms with Gasteiger partial charge in [0.1, 0.15) is 5.69 Å². The lowest BCUT2D eigenvalue weighted by molar-refractivity contribution is 0.0755.